The van der Waals surface area contributed by atoms with E-state index in [1.165, 1.54) is 11.3 Å². The Morgan fingerprint density at radius 3 is 2.61 bits per heavy atom. The van der Waals surface area contributed by atoms with E-state index in [0.717, 1.165) is 44.3 Å². The maximum absolute atomic E-state index is 12.2. The Hall–Kier alpha value is -0.980. The third-order valence-electron chi connectivity index (χ3n) is 3.72. The van der Waals surface area contributed by atoms with Crippen LogP contribution in [0.5, 0.6) is 0 Å². The molecule has 0 spiro atoms. The lowest BCUT2D eigenvalue weighted by atomic mass is 10.1. The lowest BCUT2D eigenvalue weighted by Gasteiger charge is -2.43. The van der Waals surface area contributed by atoms with Gasteiger partial charge in [0.25, 0.3) is 5.91 Å². The fourth-order valence-corrected chi connectivity index (χ4v) is 3.03. The van der Waals surface area contributed by atoms with Gasteiger partial charge in [-0.05, 0) is 6.92 Å². The molecule has 1 amide bonds. The van der Waals surface area contributed by atoms with E-state index in [1.54, 1.807) is 0 Å². The summed E-state index contributed by atoms with van der Waals surface area (Å²) in [4.78, 5) is 20.9. The second-order valence-electron chi connectivity index (χ2n) is 4.89. The van der Waals surface area contributed by atoms with Crippen LogP contribution >= 0.6 is 11.3 Å². The van der Waals surface area contributed by atoms with Gasteiger partial charge in [0.15, 0.2) is 0 Å². The zero-order chi connectivity index (χ0) is 12.5. The van der Waals surface area contributed by atoms with Crippen molar-refractivity contribution >= 4 is 17.2 Å². The number of thiazole rings is 1. The van der Waals surface area contributed by atoms with Crippen molar-refractivity contribution in [3.63, 3.8) is 0 Å². The van der Waals surface area contributed by atoms with Gasteiger partial charge in [-0.1, -0.05) is 0 Å². The van der Waals surface area contributed by atoms with Crippen molar-refractivity contribution in [1.82, 2.24) is 20.1 Å². The Labute approximate surface area is 111 Å². The molecule has 0 aliphatic carbocycles. The zero-order valence-electron chi connectivity index (χ0n) is 10.6. The first kappa shape index (κ1) is 12.1. The zero-order valence-corrected chi connectivity index (χ0v) is 11.4. The highest BCUT2D eigenvalue weighted by atomic mass is 32.1. The summed E-state index contributed by atoms with van der Waals surface area (Å²) in [5.41, 5.74) is 0.608. The molecule has 0 atom stereocenters. The number of hydrogen-bond acceptors (Lipinski definition) is 5. The molecule has 0 unspecified atom stereocenters. The largest absolute Gasteiger partial charge is 0.335 e. The van der Waals surface area contributed by atoms with Gasteiger partial charge in [-0.25, -0.2) is 4.98 Å². The number of amides is 1. The van der Waals surface area contributed by atoms with Crippen molar-refractivity contribution in [2.75, 3.05) is 39.3 Å². The Balaban J connectivity index is 1.57. The highest BCUT2D eigenvalue weighted by Gasteiger charge is 2.29. The van der Waals surface area contributed by atoms with Crippen molar-refractivity contribution in [2.45, 2.75) is 13.0 Å². The van der Waals surface area contributed by atoms with E-state index < -0.39 is 0 Å². The van der Waals surface area contributed by atoms with Crippen molar-refractivity contribution in [3.8, 4) is 0 Å². The lowest BCUT2D eigenvalue weighted by molar-refractivity contribution is 0.0498. The smallest absolute Gasteiger partial charge is 0.273 e. The van der Waals surface area contributed by atoms with Gasteiger partial charge in [0, 0.05) is 50.7 Å². The van der Waals surface area contributed by atoms with E-state index in [4.69, 9.17) is 0 Å². The third kappa shape index (κ3) is 2.28. The van der Waals surface area contributed by atoms with Crippen molar-refractivity contribution in [3.05, 3.63) is 16.1 Å². The first-order valence-corrected chi connectivity index (χ1v) is 7.28. The van der Waals surface area contributed by atoms with Gasteiger partial charge >= 0.3 is 0 Å². The summed E-state index contributed by atoms with van der Waals surface area (Å²) < 4.78 is 0. The van der Waals surface area contributed by atoms with Crippen LogP contribution in [0.15, 0.2) is 5.38 Å². The number of aryl methyl sites for hydroxylation is 1. The minimum Gasteiger partial charge on any atom is -0.335 e. The van der Waals surface area contributed by atoms with Gasteiger partial charge in [0.1, 0.15) is 5.69 Å². The highest BCUT2D eigenvalue weighted by Crippen LogP contribution is 2.14. The molecule has 2 aliphatic rings. The van der Waals surface area contributed by atoms with Gasteiger partial charge in [-0.2, -0.15) is 0 Å². The standard InChI is InChI=1S/C12H18N4OS/c1-9-14-11(8-18-9)12(17)16-4-2-15(3-5-16)10-6-13-7-10/h8,10,13H,2-7H2,1H3. The summed E-state index contributed by atoms with van der Waals surface area (Å²) in [7, 11) is 0. The number of carbonyl (C=O) groups excluding carboxylic acids is 1. The molecule has 3 rings (SSSR count). The van der Waals surface area contributed by atoms with Crippen LogP contribution in [0.1, 0.15) is 15.5 Å². The molecule has 1 N–H and O–H groups in total. The van der Waals surface area contributed by atoms with Gasteiger partial charge in [-0.3, -0.25) is 9.69 Å². The molecule has 6 heteroatoms. The molecule has 2 saturated heterocycles. The molecular formula is C12H18N4OS. The van der Waals surface area contributed by atoms with E-state index in [2.05, 4.69) is 15.2 Å². The summed E-state index contributed by atoms with van der Waals surface area (Å²) in [6.45, 7) is 7.75. The molecular weight excluding hydrogens is 248 g/mol. The normalized spacial score (nSPS) is 21.9. The number of hydrogen-bond donors (Lipinski definition) is 1. The van der Waals surface area contributed by atoms with E-state index in [9.17, 15) is 4.79 Å². The Morgan fingerprint density at radius 2 is 2.11 bits per heavy atom. The van der Waals surface area contributed by atoms with Crippen LogP contribution in [0.3, 0.4) is 0 Å². The van der Waals surface area contributed by atoms with E-state index in [1.807, 2.05) is 17.2 Å². The van der Waals surface area contributed by atoms with Gasteiger partial charge < -0.3 is 10.2 Å². The Morgan fingerprint density at radius 1 is 1.39 bits per heavy atom. The molecule has 0 radical (unpaired) electrons. The Kier molecular flexibility index (Phi) is 3.32. The fourth-order valence-electron chi connectivity index (χ4n) is 2.45. The summed E-state index contributed by atoms with van der Waals surface area (Å²) in [5.74, 6) is 0.0886. The van der Waals surface area contributed by atoms with Crippen LogP contribution in [0.25, 0.3) is 0 Å². The predicted octanol–water partition coefficient (Wildman–Crippen LogP) is 0.181. The number of rotatable bonds is 2. The van der Waals surface area contributed by atoms with E-state index >= 15 is 0 Å². The molecule has 2 aliphatic heterocycles. The van der Waals surface area contributed by atoms with Gasteiger partial charge in [0.05, 0.1) is 5.01 Å². The molecule has 0 saturated carbocycles. The average Bonchev–Trinajstić information content (AvgIpc) is 2.74. The Bertz CT molecular complexity index is 435. The number of aromatic nitrogens is 1. The topological polar surface area (TPSA) is 48.5 Å². The number of piperazine rings is 1. The predicted molar refractivity (Wildman–Crippen MR) is 71.0 cm³/mol. The van der Waals surface area contributed by atoms with Crippen LogP contribution in [0.4, 0.5) is 0 Å². The molecule has 5 nitrogen and oxygen atoms in total. The van der Waals surface area contributed by atoms with Crippen molar-refractivity contribution in [2.24, 2.45) is 0 Å². The number of nitrogens with one attached hydrogen (secondary N) is 1. The molecule has 3 heterocycles. The molecule has 2 fully saturated rings. The number of carbonyl (C=O) groups is 1. The fraction of sp³-hybridized carbons (Fsp3) is 0.667. The molecule has 18 heavy (non-hydrogen) atoms. The van der Waals surface area contributed by atoms with Crippen molar-refractivity contribution in [1.29, 1.82) is 0 Å². The van der Waals surface area contributed by atoms with Crippen molar-refractivity contribution < 1.29 is 4.79 Å². The quantitative estimate of drug-likeness (QED) is 0.830. The maximum atomic E-state index is 12.2. The highest BCUT2D eigenvalue weighted by molar-refractivity contribution is 7.09. The summed E-state index contributed by atoms with van der Waals surface area (Å²) >= 11 is 1.54. The minimum atomic E-state index is 0.0886. The summed E-state index contributed by atoms with van der Waals surface area (Å²) in [5, 5.41) is 6.11. The number of nitrogens with zero attached hydrogens (tertiary/aromatic N) is 3. The van der Waals surface area contributed by atoms with E-state index in [0.29, 0.717) is 11.7 Å². The van der Waals surface area contributed by atoms with Crippen LogP contribution in [-0.2, 0) is 0 Å². The molecule has 1 aromatic rings. The monoisotopic (exact) mass is 266 g/mol. The lowest BCUT2D eigenvalue weighted by Crippen LogP contribution is -2.62. The van der Waals surface area contributed by atoms with Crippen LogP contribution in [0.2, 0.25) is 0 Å². The van der Waals surface area contributed by atoms with Gasteiger partial charge in [0.2, 0.25) is 0 Å². The SMILES string of the molecule is Cc1nc(C(=O)N2CCN(C3CNC3)CC2)cs1. The van der Waals surface area contributed by atoms with Crippen LogP contribution in [-0.4, -0.2) is 66.0 Å². The van der Waals surface area contributed by atoms with Gasteiger partial charge in [-0.15, -0.1) is 11.3 Å². The third-order valence-corrected chi connectivity index (χ3v) is 4.49. The maximum Gasteiger partial charge on any atom is 0.273 e. The molecule has 98 valence electrons. The molecule has 0 bridgehead atoms. The first-order valence-electron chi connectivity index (χ1n) is 6.40. The van der Waals surface area contributed by atoms with Crippen LogP contribution < -0.4 is 5.32 Å². The average molecular weight is 266 g/mol. The first-order chi connectivity index (χ1) is 8.74. The summed E-state index contributed by atoms with van der Waals surface area (Å²) in [6.07, 6.45) is 0. The molecule has 1 aromatic heterocycles. The van der Waals surface area contributed by atoms with Crippen LogP contribution in [0, 0.1) is 6.92 Å². The molecule has 0 aromatic carbocycles. The second-order valence-corrected chi connectivity index (χ2v) is 5.95. The summed E-state index contributed by atoms with van der Waals surface area (Å²) in [6, 6.07) is 0.684. The minimum absolute atomic E-state index is 0.0886. The van der Waals surface area contributed by atoms with E-state index in [-0.39, 0.29) is 5.91 Å². The second kappa shape index (κ2) is 4.95.